The summed E-state index contributed by atoms with van der Waals surface area (Å²) >= 11 is 0. The van der Waals surface area contributed by atoms with Crippen LogP contribution in [0, 0.1) is 18.8 Å². The van der Waals surface area contributed by atoms with E-state index < -0.39 is 29.5 Å². The smallest absolute Gasteiger partial charge is 0.309 e. The number of nitrogens with two attached hydrogens (primary N) is 1. The number of aromatic nitrogens is 2. The highest BCUT2D eigenvalue weighted by Gasteiger charge is 2.35. The largest absolute Gasteiger partial charge is 0.435 e. The first-order chi connectivity index (χ1) is 18.3. The highest BCUT2D eigenvalue weighted by molar-refractivity contribution is 7.89. The molecule has 0 aliphatic rings. The minimum Gasteiger partial charge on any atom is -0.309 e. The molecular weight excluding hydrogens is 554 g/mol. The van der Waals surface area contributed by atoms with Crippen molar-refractivity contribution in [1.29, 1.82) is 0 Å². The Morgan fingerprint density at radius 2 is 1.69 bits per heavy atom. The number of hydrogen-bond donors (Lipinski definition) is 1. The summed E-state index contributed by atoms with van der Waals surface area (Å²) in [6.45, 7) is 5.86. The number of primary sulfonamides is 1. The number of benzene rings is 2. The normalized spacial score (nSPS) is 12.3. The topological polar surface area (TPSA) is 114 Å². The molecule has 1 aromatic heterocycles. The third-order valence-corrected chi connectivity index (χ3v) is 8.65. The number of rotatable bonds is 10. The van der Waals surface area contributed by atoms with Gasteiger partial charge in [0.1, 0.15) is 0 Å². The average molecular weight is 584 g/mol. The van der Waals surface area contributed by atoms with Crippen LogP contribution >= 0.6 is 7.60 Å². The van der Waals surface area contributed by atoms with Crippen molar-refractivity contribution in [3.05, 3.63) is 65.4 Å². The van der Waals surface area contributed by atoms with E-state index >= 15 is 0 Å². The first kappa shape index (κ1) is 30.6. The van der Waals surface area contributed by atoms with Crippen molar-refractivity contribution in [3.8, 4) is 28.8 Å². The molecule has 1 heterocycles. The van der Waals surface area contributed by atoms with Crippen LogP contribution in [0.25, 0.3) is 16.9 Å². The van der Waals surface area contributed by atoms with Crippen molar-refractivity contribution in [2.75, 3.05) is 19.4 Å². The summed E-state index contributed by atoms with van der Waals surface area (Å²) in [5.41, 5.74) is 1.11. The van der Waals surface area contributed by atoms with Crippen molar-refractivity contribution in [2.24, 2.45) is 5.14 Å². The number of alkyl halides is 3. The van der Waals surface area contributed by atoms with Gasteiger partial charge in [-0.1, -0.05) is 24.0 Å². The van der Waals surface area contributed by atoms with Crippen LogP contribution in [0.1, 0.15) is 43.5 Å². The van der Waals surface area contributed by atoms with Crippen LogP contribution in [0.2, 0.25) is 0 Å². The molecule has 39 heavy (non-hydrogen) atoms. The van der Waals surface area contributed by atoms with Gasteiger partial charge in [0.15, 0.2) is 5.69 Å². The third-order valence-electron chi connectivity index (χ3n) is 5.55. The van der Waals surface area contributed by atoms with Crippen LogP contribution in [0.4, 0.5) is 13.2 Å². The van der Waals surface area contributed by atoms with Gasteiger partial charge in [0, 0.05) is 17.5 Å². The molecule has 0 aliphatic carbocycles. The summed E-state index contributed by atoms with van der Waals surface area (Å²) < 4.78 is 88.1. The average Bonchev–Trinajstić information content (AvgIpc) is 3.31. The Morgan fingerprint density at radius 1 is 1.05 bits per heavy atom. The molecule has 0 amide bonds. The highest BCUT2D eigenvalue weighted by Crippen LogP contribution is 2.48. The molecular formula is C26H29F3N3O5PS. The lowest BCUT2D eigenvalue weighted by Crippen LogP contribution is -2.12. The van der Waals surface area contributed by atoms with Crippen LogP contribution in [0.15, 0.2) is 53.4 Å². The van der Waals surface area contributed by atoms with Gasteiger partial charge in [-0.3, -0.25) is 4.57 Å². The van der Waals surface area contributed by atoms with Crippen LogP contribution in [0.5, 0.6) is 0 Å². The third kappa shape index (κ3) is 8.03. The van der Waals surface area contributed by atoms with Crippen molar-refractivity contribution in [3.63, 3.8) is 0 Å². The molecule has 2 N–H and O–H groups in total. The van der Waals surface area contributed by atoms with Gasteiger partial charge in [0.05, 0.1) is 35.7 Å². The predicted molar refractivity (Wildman–Crippen MR) is 142 cm³/mol. The SMILES string of the molecule is CCOP(=O)(CCCC#Cc1cc(-c2cc(C(F)(F)F)nn2-c2ccc(S(N)(=O)=O)cc2)ccc1C)OCC. The summed E-state index contributed by atoms with van der Waals surface area (Å²) in [6, 6.07) is 11.0. The molecule has 0 bridgehead atoms. The van der Waals surface area contributed by atoms with Gasteiger partial charge >= 0.3 is 13.8 Å². The molecule has 2 aromatic carbocycles. The molecule has 0 radical (unpaired) electrons. The van der Waals surface area contributed by atoms with E-state index in [1.54, 1.807) is 32.0 Å². The van der Waals surface area contributed by atoms with E-state index in [4.69, 9.17) is 14.2 Å². The zero-order valence-corrected chi connectivity index (χ0v) is 23.4. The number of aryl methyl sites for hydroxylation is 1. The van der Waals surface area contributed by atoms with Crippen molar-refractivity contribution >= 4 is 17.6 Å². The van der Waals surface area contributed by atoms with Crippen LogP contribution in [0.3, 0.4) is 0 Å². The Labute approximate surface area is 225 Å². The van der Waals surface area contributed by atoms with Gasteiger partial charge in [-0.15, -0.1) is 0 Å². The Hall–Kier alpha value is -2.94. The van der Waals surface area contributed by atoms with E-state index in [1.165, 1.54) is 24.3 Å². The van der Waals surface area contributed by atoms with E-state index in [1.807, 2.05) is 6.92 Å². The Balaban J connectivity index is 1.92. The summed E-state index contributed by atoms with van der Waals surface area (Å²) in [6.07, 6.45) is -3.57. The molecule has 0 fully saturated rings. The molecule has 210 valence electrons. The maximum absolute atomic E-state index is 13.6. The molecule has 0 spiro atoms. The second kappa shape index (κ2) is 12.5. The lowest BCUT2D eigenvalue weighted by molar-refractivity contribution is -0.141. The number of nitrogens with zero attached hydrogens (tertiary/aromatic N) is 2. The molecule has 0 atom stereocenters. The summed E-state index contributed by atoms with van der Waals surface area (Å²) in [7, 11) is -7.13. The fourth-order valence-corrected chi connectivity index (χ4v) is 5.87. The number of hydrogen-bond acceptors (Lipinski definition) is 6. The number of unbranched alkanes of at least 4 members (excludes halogenated alkanes) is 1. The minimum atomic E-state index is -4.70. The lowest BCUT2D eigenvalue weighted by Gasteiger charge is -2.15. The molecule has 0 saturated heterocycles. The standard InChI is InChI=1S/C26H29F3N3O5PS/c1-4-36-38(33,37-5-2)16-8-6-7-9-20-17-21(11-10-19(20)3)24-18-25(26(27,28)29)31-32(24)22-12-14-23(15-13-22)39(30,34)35/h10-15,17-18H,4-6,8,16H2,1-3H3,(H2,30,34,35). The Bertz CT molecular complexity index is 1510. The Morgan fingerprint density at radius 3 is 2.26 bits per heavy atom. The maximum atomic E-state index is 13.6. The maximum Gasteiger partial charge on any atom is 0.435 e. The van der Waals surface area contributed by atoms with E-state index in [0.29, 0.717) is 24.0 Å². The van der Waals surface area contributed by atoms with E-state index in [9.17, 15) is 26.2 Å². The van der Waals surface area contributed by atoms with Crippen LogP contribution < -0.4 is 5.14 Å². The molecule has 8 nitrogen and oxygen atoms in total. The summed E-state index contributed by atoms with van der Waals surface area (Å²) in [5, 5.41) is 8.86. The molecule has 13 heteroatoms. The zero-order valence-electron chi connectivity index (χ0n) is 21.7. The molecule has 0 aliphatic heterocycles. The van der Waals surface area contributed by atoms with Gasteiger partial charge in [0.25, 0.3) is 0 Å². The lowest BCUT2D eigenvalue weighted by atomic mass is 10.0. The molecule has 3 aromatic rings. The van der Waals surface area contributed by atoms with E-state index in [-0.39, 0.29) is 35.7 Å². The van der Waals surface area contributed by atoms with Gasteiger partial charge in [-0.2, -0.15) is 18.3 Å². The fourth-order valence-electron chi connectivity index (χ4n) is 3.69. The van der Waals surface area contributed by atoms with E-state index in [0.717, 1.165) is 16.3 Å². The number of sulfonamides is 1. The van der Waals surface area contributed by atoms with E-state index in [2.05, 4.69) is 16.9 Å². The zero-order chi connectivity index (χ0) is 28.8. The Kier molecular flexibility index (Phi) is 9.80. The van der Waals surface area contributed by atoms with Crippen molar-refractivity contribution < 1.29 is 35.2 Å². The molecule has 3 rings (SSSR count). The first-order valence-electron chi connectivity index (χ1n) is 12.1. The fraction of sp³-hybridized carbons (Fsp3) is 0.346. The first-order valence-corrected chi connectivity index (χ1v) is 15.3. The monoisotopic (exact) mass is 583 g/mol. The molecule has 0 unspecified atom stereocenters. The quantitative estimate of drug-likeness (QED) is 0.180. The van der Waals surface area contributed by atoms with Gasteiger partial charge in [-0.05, 0) is 69.2 Å². The second-order valence-corrected chi connectivity index (χ2v) is 12.2. The van der Waals surface area contributed by atoms with Crippen LogP contribution in [-0.2, 0) is 29.8 Å². The van der Waals surface area contributed by atoms with Crippen molar-refractivity contribution in [2.45, 2.75) is 44.7 Å². The van der Waals surface area contributed by atoms with Gasteiger partial charge < -0.3 is 9.05 Å². The summed E-state index contributed by atoms with van der Waals surface area (Å²) in [4.78, 5) is -0.178. The highest BCUT2D eigenvalue weighted by atomic mass is 32.2. The van der Waals surface area contributed by atoms with Gasteiger partial charge in [-0.25, -0.2) is 18.2 Å². The number of halogens is 3. The second-order valence-electron chi connectivity index (χ2n) is 8.47. The predicted octanol–water partition coefficient (Wildman–Crippen LogP) is 5.91. The van der Waals surface area contributed by atoms with Crippen molar-refractivity contribution in [1.82, 2.24) is 9.78 Å². The minimum absolute atomic E-state index is 0.142. The van der Waals surface area contributed by atoms with Gasteiger partial charge in [0.2, 0.25) is 10.0 Å². The molecule has 0 saturated carbocycles. The van der Waals surface area contributed by atoms with Crippen LogP contribution in [-0.4, -0.2) is 37.6 Å². The summed E-state index contributed by atoms with van der Waals surface area (Å²) in [5.74, 6) is 6.06.